The second-order valence-corrected chi connectivity index (χ2v) is 7.64. The van der Waals surface area contributed by atoms with Crippen LogP contribution in [-0.4, -0.2) is 36.5 Å². The smallest absolute Gasteiger partial charge is 0.399 e. The molecule has 2 aliphatic heterocycles. The second-order valence-electron chi connectivity index (χ2n) is 7.64. The van der Waals surface area contributed by atoms with Crippen LogP contribution >= 0.6 is 0 Å². The Morgan fingerprint density at radius 2 is 1.74 bits per heavy atom. The van der Waals surface area contributed by atoms with E-state index in [1.54, 1.807) is 0 Å². The minimum absolute atomic E-state index is 0.316. The molecule has 1 aromatic heterocycles. The van der Waals surface area contributed by atoms with E-state index in [1.807, 2.05) is 6.20 Å². The van der Waals surface area contributed by atoms with Gasteiger partial charge in [0.05, 0.1) is 11.2 Å². The van der Waals surface area contributed by atoms with Crippen molar-refractivity contribution in [1.82, 2.24) is 4.98 Å². The summed E-state index contributed by atoms with van der Waals surface area (Å²) in [5.41, 5.74) is 2.93. The van der Waals surface area contributed by atoms with Crippen LogP contribution in [0.2, 0.25) is 0 Å². The summed E-state index contributed by atoms with van der Waals surface area (Å²) in [6.45, 7) is 12.2. The van der Waals surface area contributed by atoms with E-state index in [9.17, 15) is 0 Å². The number of aryl methyl sites for hydroxylation is 1. The van der Waals surface area contributed by atoms with Gasteiger partial charge in [0.25, 0.3) is 0 Å². The van der Waals surface area contributed by atoms with Crippen molar-refractivity contribution >= 4 is 12.6 Å². The molecule has 0 aromatic carbocycles. The van der Waals surface area contributed by atoms with Gasteiger partial charge < -0.3 is 14.0 Å². The Balaban J connectivity index is 1.85. The first-order valence-electron chi connectivity index (χ1n) is 8.76. The highest BCUT2D eigenvalue weighted by Crippen LogP contribution is 2.36. The Morgan fingerprint density at radius 3 is 2.30 bits per heavy atom. The Labute approximate surface area is 140 Å². The minimum Gasteiger partial charge on any atom is -0.399 e. The SMILES string of the molecule is CCc1cc(B2OC(C)(C)C(C)(C)O2)cnc1C1CCOCC1. The number of ether oxygens (including phenoxy) is 1. The summed E-state index contributed by atoms with van der Waals surface area (Å²) in [5.74, 6) is 0.519. The molecule has 4 nitrogen and oxygen atoms in total. The number of aromatic nitrogens is 1. The van der Waals surface area contributed by atoms with Crippen LogP contribution in [0.1, 0.15) is 64.6 Å². The molecular formula is C18H28BNO3. The molecule has 0 spiro atoms. The number of hydrogen-bond donors (Lipinski definition) is 0. The predicted molar refractivity (Wildman–Crippen MR) is 92.1 cm³/mol. The number of nitrogens with zero attached hydrogens (tertiary/aromatic N) is 1. The van der Waals surface area contributed by atoms with E-state index in [4.69, 9.17) is 19.0 Å². The Hall–Kier alpha value is -0.905. The third-order valence-corrected chi connectivity index (χ3v) is 5.54. The molecule has 0 saturated carbocycles. The molecule has 0 aliphatic carbocycles. The maximum Gasteiger partial charge on any atom is 0.496 e. The van der Waals surface area contributed by atoms with Gasteiger partial charge in [-0.3, -0.25) is 4.98 Å². The Bertz CT molecular complexity index is 551. The van der Waals surface area contributed by atoms with Gasteiger partial charge in [-0.2, -0.15) is 0 Å². The highest BCUT2D eigenvalue weighted by Gasteiger charge is 2.51. The predicted octanol–water partition coefficient (Wildman–Crippen LogP) is 2.84. The van der Waals surface area contributed by atoms with Crippen LogP contribution < -0.4 is 5.46 Å². The van der Waals surface area contributed by atoms with E-state index in [0.29, 0.717) is 5.92 Å². The maximum absolute atomic E-state index is 6.15. The lowest BCUT2D eigenvalue weighted by atomic mass is 9.78. The molecule has 1 aromatic rings. The fraction of sp³-hybridized carbons (Fsp3) is 0.722. The van der Waals surface area contributed by atoms with Gasteiger partial charge in [0.2, 0.25) is 0 Å². The van der Waals surface area contributed by atoms with Gasteiger partial charge in [-0.05, 0) is 52.5 Å². The standard InChI is InChI=1S/C18H28BNO3/c1-6-13-11-15(19-22-17(2,3)18(4,5)23-19)12-20-16(13)14-7-9-21-10-8-14/h11-12,14H,6-10H2,1-5H3. The van der Waals surface area contributed by atoms with Crippen molar-refractivity contribution < 1.29 is 14.0 Å². The van der Waals surface area contributed by atoms with E-state index >= 15 is 0 Å². The summed E-state index contributed by atoms with van der Waals surface area (Å²) in [4.78, 5) is 4.80. The Morgan fingerprint density at radius 1 is 1.13 bits per heavy atom. The summed E-state index contributed by atoms with van der Waals surface area (Å²) in [6, 6.07) is 2.22. The van der Waals surface area contributed by atoms with Crippen LogP contribution in [0, 0.1) is 0 Å². The number of rotatable bonds is 3. The molecule has 2 saturated heterocycles. The van der Waals surface area contributed by atoms with E-state index in [1.165, 1.54) is 11.3 Å². The zero-order valence-electron chi connectivity index (χ0n) is 15.0. The molecule has 0 radical (unpaired) electrons. The molecule has 126 valence electrons. The van der Waals surface area contributed by atoms with Crippen molar-refractivity contribution in [3.63, 3.8) is 0 Å². The van der Waals surface area contributed by atoms with Gasteiger partial charge >= 0.3 is 7.12 Å². The largest absolute Gasteiger partial charge is 0.496 e. The number of pyridine rings is 1. The normalized spacial score (nSPS) is 24.1. The van der Waals surface area contributed by atoms with Gasteiger partial charge in [0.15, 0.2) is 0 Å². The van der Waals surface area contributed by atoms with Crippen molar-refractivity contribution in [2.24, 2.45) is 0 Å². The summed E-state index contributed by atoms with van der Waals surface area (Å²) in [6.07, 6.45) is 5.05. The molecule has 3 heterocycles. The molecule has 2 aliphatic rings. The quantitative estimate of drug-likeness (QED) is 0.804. The van der Waals surface area contributed by atoms with E-state index < -0.39 is 0 Å². The monoisotopic (exact) mass is 317 g/mol. The zero-order chi connectivity index (χ0) is 16.7. The third-order valence-electron chi connectivity index (χ3n) is 5.54. The average molecular weight is 317 g/mol. The maximum atomic E-state index is 6.15. The fourth-order valence-corrected chi connectivity index (χ4v) is 3.27. The van der Waals surface area contributed by atoms with Crippen molar-refractivity contribution in [1.29, 1.82) is 0 Å². The van der Waals surface area contributed by atoms with Gasteiger partial charge in [-0.1, -0.05) is 13.0 Å². The molecule has 0 atom stereocenters. The third kappa shape index (κ3) is 3.19. The second kappa shape index (κ2) is 6.19. The zero-order valence-corrected chi connectivity index (χ0v) is 15.0. The lowest BCUT2D eigenvalue weighted by Gasteiger charge is -2.32. The molecular weight excluding hydrogens is 289 g/mol. The first-order chi connectivity index (χ1) is 10.8. The first kappa shape index (κ1) is 16.9. The topological polar surface area (TPSA) is 40.6 Å². The molecule has 23 heavy (non-hydrogen) atoms. The molecule has 5 heteroatoms. The summed E-state index contributed by atoms with van der Waals surface area (Å²) < 4.78 is 17.8. The van der Waals surface area contributed by atoms with Crippen LogP contribution in [-0.2, 0) is 20.5 Å². The van der Waals surface area contributed by atoms with Gasteiger partial charge in [-0.25, -0.2) is 0 Å². The van der Waals surface area contributed by atoms with Crippen molar-refractivity contribution in [2.45, 2.75) is 71.0 Å². The van der Waals surface area contributed by atoms with E-state index in [-0.39, 0.29) is 18.3 Å². The van der Waals surface area contributed by atoms with Crippen LogP contribution in [0.15, 0.2) is 12.3 Å². The van der Waals surface area contributed by atoms with Gasteiger partial charge in [0.1, 0.15) is 0 Å². The molecule has 2 fully saturated rings. The van der Waals surface area contributed by atoms with Gasteiger partial charge in [0, 0.05) is 36.5 Å². The summed E-state index contributed by atoms with van der Waals surface area (Å²) in [5, 5.41) is 0. The van der Waals surface area contributed by atoms with Crippen molar-refractivity contribution in [3.8, 4) is 0 Å². The van der Waals surface area contributed by atoms with Gasteiger partial charge in [-0.15, -0.1) is 0 Å². The highest BCUT2D eigenvalue weighted by atomic mass is 16.7. The lowest BCUT2D eigenvalue weighted by molar-refractivity contribution is 0.00578. The minimum atomic E-state index is -0.332. The molecule has 3 rings (SSSR count). The summed E-state index contributed by atoms with van der Waals surface area (Å²) in [7, 11) is -0.332. The van der Waals surface area contributed by atoms with Crippen LogP contribution in [0.4, 0.5) is 0 Å². The fourth-order valence-electron chi connectivity index (χ4n) is 3.27. The van der Waals surface area contributed by atoms with Crippen LogP contribution in [0.5, 0.6) is 0 Å². The molecule has 0 bridgehead atoms. The van der Waals surface area contributed by atoms with E-state index in [2.05, 4.69) is 40.7 Å². The molecule has 0 amide bonds. The number of hydrogen-bond acceptors (Lipinski definition) is 4. The first-order valence-corrected chi connectivity index (χ1v) is 8.76. The van der Waals surface area contributed by atoms with Crippen LogP contribution in [0.3, 0.4) is 0 Å². The average Bonchev–Trinajstić information content (AvgIpc) is 2.75. The molecule has 0 unspecified atom stereocenters. The van der Waals surface area contributed by atoms with Crippen molar-refractivity contribution in [2.75, 3.05) is 13.2 Å². The highest BCUT2D eigenvalue weighted by molar-refractivity contribution is 6.62. The summed E-state index contributed by atoms with van der Waals surface area (Å²) >= 11 is 0. The lowest BCUT2D eigenvalue weighted by Crippen LogP contribution is -2.41. The Kier molecular flexibility index (Phi) is 4.56. The van der Waals surface area contributed by atoms with E-state index in [0.717, 1.165) is 37.9 Å². The molecule has 0 N–H and O–H groups in total. The van der Waals surface area contributed by atoms with Crippen molar-refractivity contribution in [3.05, 3.63) is 23.5 Å². The van der Waals surface area contributed by atoms with Crippen LogP contribution in [0.25, 0.3) is 0 Å².